The number of nitrogens with zero attached hydrogens (tertiary/aromatic N) is 3. The van der Waals surface area contributed by atoms with Gasteiger partial charge in [0.05, 0.1) is 12.1 Å². The monoisotopic (exact) mass is 407 g/mol. The van der Waals surface area contributed by atoms with Crippen LogP contribution in [0.5, 0.6) is 0 Å². The molecule has 1 saturated heterocycles. The van der Waals surface area contributed by atoms with Crippen molar-refractivity contribution in [1.82, 2.24) is 15.0 Å². The molecular weight excluding hydrogens is 387 g/mol. The summed E-state index contributed by atoms with van der Waals surface area (Å²) in [6, 6.07) is 4.17. The van der Waals surface area contributed by atoms with Crippen LogP contribution in [0.1, 0.15) is 36.7 Å². The smallest absolute Gasteiger partial charge is 0.360 e. The van der Waals surface area contributed by atoms with Gasteiger partial charge < -0.3 is 14.3 Å². The largest absolute Gasteiger partial charge is 0.416 e. The lowest BCUT2D eigenvalue weighted by Gasteiger charge is -2.32. The molecule has 1 aromatic heterocycles. The molecule has 0 spiro atoms. The van der Waals surface area contributed by atoms with Gasteiger partial charge in [0.2, 0.25) is 11.8 Å². The SMILES string of the molecule is C[C@H](C(=O)N1CCc2onc(-c3ccc(C(F)(F)F)cc3)c2C1)N1CCCC1=O. The molecule has 0 radical (unpaired) electrons. The zero-order valence-electron chi connectivity index (χ0n) is 15.8. The van der Waals surface area contributed by atoms with Crippen LogP contribution in [-0.2, 0) is 28.7 Å². The number of fused-ring (bicyclic) bond motifs is 1. The maximum Gasteiger partial charge on any atom is 0.416 e. The minimum Gasteiger partial charge on any atom is -0.360 e. The van der Waals surface area contributed by atoms with E-state index in [0.717, 1.165) is 18.6 Å². The first-order valence-electron chi connectivity index (χ1n) is 9.49. The van der Waals surface area contributed by atoms with Gasteiger partial charge in [-0.2, -0.15) is 13.2 Å². The molecule has 0 bridgehead atoms. The van der Waals surface area contributed by atoms with Crippen molar-refractivity contribution in [3.63, 3.8) is 0 Å². The zero-order valence-corrected chi connectivity index (χ0v) is 15.8. The van der Waals surface area contributed by atoms with Gasteiger partial charge in [0.15, 0.2) is 0 Å². The van der Waals surface area contributed by atoms with Crippen molar-refractivity contribution in [1.29, 1.82) is 0 Å². The van der Waals surface area contributed by atoms with Crippen LogP contribution in [0.3, 0.4) is 0 Å². The number of hydrogen-bond acceptors (Lipinski definition) is 4. The summed E-state index contributed by atoms with van der Waals surface area (Å²) in [5, 5.41) is 4.03. The fourth-order valence-corrected chi connectivity index (χ4v) is 3.92. The van der Waals surface area contributed by atoms with E-state index in [9.17, 15) is 22.8 Å². The van der Waals surface area contributed by atoms with Crippen LogP contribution in [0.2, 0.25) is 0 Å². The second-order valence-corrected chi connectivity index (χ2v) is 7.38. The summed E-state index contributed by atoms with van der Waals surface area (Å²) in [6.45, 7) is 3.00. The number of aromatic nitrogens is 1. The van der Waals surface area contributed by atoms with E-state index >= 15 is 0 Å². The number of amides is 2. The molecule has 2 aliphatic rings. The molecule has 1 atom stereocenters. The first-order chi connectivity index (χ1) is 13.8. The molecule has 4 rings (SSSR count). The number of carbonyl (C=O) groups is 2. The Morgan fingerprint density at radius 3 is 2.52 bits per heavy atom. The molecule has 1 fully saturated rings. The van der Waals surface area contributed by atoms with Gasteiger partial charge in [-0.1, -0.05) is 17.3 Å². The van der Waals surface area contributed by atoms with Crippen LogP contribution in [0.25, 0.3) is 11.3 Å². The fourth-order valence-electron chi connectivity index (χ4n) is 3.92. The van der Waals surface area contributed by atoms with Crippen LogP contribution >= 0.6 is 0 Å². The highest BCUT2D eigenvalue weighted by molar-refractivity contribution is 5.88. The molecule has 0 N–H and O–H groups in total. The number of rotatable bonds is 3. The lowest BCUT2D eigenvalue weighted by atomic mass is 10.00. The maximum atomic E-state index is 12.9. The zero-order chi connectivity index (χ0) is 20.8. The van der Waals surface area contributed by atoms with Crippen LogP contribution in [0, 0.1) is 0 Å². The van der Waals surface area contributed by atoms with Gasteiger partial charge in [0.25, 0.3) is 0 Å². The Hall–Kier alpha value is -2.84. The van der Waals surface area contributed by atoms with E-state index in [-0.39, 0.29) is 18.4 Å². The van der Waals surface area contributed by atoms with Crippen molar-refractivity contribution in [3.8, 4) is 11.3 Å². The molecule has 3 heterocycles. The van der Waals surface area contributed by atoms with Gasteiger partial charge in [-0.05, 0) is 25.5 Å². The Morgan fingerprint density at radius 1 is 1.17 bits per heavy atom. The molecule has 0 saturated carbocycles. The molecule has 29 heavy (non-hydrogen) atoms. The molecule has 154 valence electrons. The number of likely N-dealkylation sites (tertiary alicyclic amines) is 1. The van der Waals surface area contributed by atoms with Crippen molar-refractivity contribution in [2.45, 2.75) is 44.9 Å². The van der Waals surface area contributed by atoms with E-state index < -0.39 is 17.8 Å². The Bertz CT molecular complexity index is 937. The molecular formula is C20H20F3N3O3. The number of alkyl halides is 3. The Labute approximate surface area is 165 Å². The Morgan fingerprint density at radius 2 is 1.90 bits per heavy atom. The van der Waals surface area contributed by atoms with Crippen molar-refractivity contribution in [2.75, 3.05) is 13.1 Å². The fraction of sp³-hybridized carbons (Fsp3) is 0.450. The topological polar surface area (TPSA) is 66.7 Å². The first-order valence-corrected chi connectivity index (χ1v) is 9.49. The molecule has 2 aliphatic heterocycles. The highest BCUT2D eigenvalue weighted by Crippen LogP contribution is 2.34. The Balaban J connectivity index is 1.55. The van der Waals surface area contributed by atoms with Gasteiger partial charge in [-0.15, -0.1) is 0 Å². The summed E-state index contributed by atoms with van der Waals surface area (Å²) in [6.07, 6.45) is -2.72. The van der Waals surface area contributed by atoms with E-state index in [4.69, 9.17) is 4.52 Å². The number of halogens is 3. The van der Waals surface area contributed by atoms with Crippen LogP contribution < -0.4 is 0 Å². The summed E-state index contributed by atoms with van der Waals surface area (Å²) in [5.41, 5.74) is 0.903. The summed E-state index contributed by atoms with van der Waals surface area (Å²) in [7, 11) is 0. The lowest BCUT2D eigenvalue weighted by molar-refractivity contribution is -0.143. The summed E-state index contributed by atoms with van der Waals surface area (Å²) in [5.74, 6) is 0.471. The summed E-state index contributed by atoms with van der Waals surface area (Å²) in [4.78, 5) is 28.1. The summed E-state index contributed by atoms with van der Waals surface area (Å²) >= 11 is 0. The van der Waals surface area contributed by atoms with Gasteiger partial charge in [-0.25, -0.2) is 0 Å². The molecule has 0 unspecified atom stereocenters. The van der Waals surface area contributed by atoms with Crippen LogP contribution in [-0.4, -0.2) is 45.9 Å². The van der Waals surface area contributed by atoms with Crippen LogP contribution in [0.4, 0.5) is 13.2 Å². The van der Waals surface area contributed by atoms with Crippen LogP contribution in [0.15, 0.2) is 28.8 Å². The van der Waals surface area contributed by atoms with E-state index in [0.29, 0.717) is 48.5 Å². The predicted octanol–water partition coefficient (Wildman–Crippen LogP) is 3.26. The number of benzene rings is 1. The maximum absolute atomic E-state index is 12.9. The van der Waals surface area contributed by atoms with Crippen molar-refractivity contribution in [2.24, 2.45) is 0 Å². The first kappa shape index (κ1) is 19.5. The molecule has 0 aliphatic carbocycles. The number of hydrogen-bond donors (Lipinski definition) is 0. The van der Waals surface area contributed by atoms with E-state index in [2.05, 4.69) is 5.16 Å². The third kappa shape index (κ3) is 3.61. The van der Waals surface area contributed by atoms with Gasteiger partial charge in [0.1, 0.15) is 17.5 Å². The quantitative estimate of drug-likeness (QED) is 0.784. The molecule has 6 nitrogen and oxygen atoms in total. The minimum atomic E-state index is -4.41. The highest BCUT2D eigenvalue weighted by Gasteiger charge is 2.35. The van der Waals surface area contributed by atoms with E-state index in [1.807, 2.05) is 0 Å². The lowest BCUT2D eigenvalue weighted by Crippen LogP contribution is -2.48. The van der Waals surface area contributed by atoms with Crippen molar-refractivity contribution in [3.05, 3.63) is 41.2 Å². The minimum absolute atomic E-state index is 0.0148. The summed E-state index contributed by atoms with van der Waals surface area (Å²) < 4.78 is 43.8. The second kappa shape index (κ2) is 7.20. The molecule has 1 aromatic carbocycles. The van der Waals surface area contributed by atoms with Gasteiger partial charge in [0, 0.05) is 37.1 Å². The average molecular weight is 407 g/mol. The van der Waals surface area contributed by atoms with E-state index in [1.165, 1.54) is 12.1 Å². The average Bonchev–Trinajstić information content (AvgIpc) is 3.31. The molecule has 9 heteroatoms. The van der Waals surface area contributed by atoms with Crippen molar-refractivity contribution < 1.29 is 27.3 Å². The predicted molar refractivity (Wildman–Crippen MR) is 96.5 cm³/mol. The second-order valence-electron chi connectivity index (χ2n) is 7.38. The third-order valence-corrected chi connectivity index (χ3v) is 5.56. The van der Waals surface area contributed by atoms with Gasteiger partial charge >= 0.3 is 6.18 Å². The third-order valence-electron chi connectivity index (χ3n) is 5.56. The van der Waals surface area contributed by atoms with Crippen molar-refractivity contribution >= 4 is 11.8 Å². The normalized spacial score (nSPS) is 18.1. The molecule has 2 amide bonds. The Kier molecular flexibility index (Phi) is 4.84. The number of carbonyl (C=O) groups excluding carboxylic acids is 2. The van der Waals surface area contributed by atoms with E-state index in [1.54, 1.807) is 16.7 Å². The highest BCUT2D eigenvalue weighted by atomic mass is 19.4. The van der Waals surface area contributed by atoms with Gasteiger partial charge in [-0.3, -0.25) is 9.59 Å². The molecule has 2 aromatic rings. The standard InChI is InChI=1S/C20H20F3N3O3/c1-12(26-9-2-3-17(26)27)19(28)25-10-8-16-15(11-25)18(24-29-16)13-4-6-14(7-5-13)20(21,22)23/h4-7,12H,2-3,8-11H2,1H3/t12-/m1/s1.